The van der Waals surface area contributed by atoms with E-state index in [2.05, 4.69) is 0 Å². The Kier molecular flexibility index (Phi) is 2.59. The predicted octanol–water partition coefficient (Wildman–Crippen LogP) is 1.71. The molecule has 0 radical (unpaired) electrons. The van der Waals surface area contributed by atoms with Crippen LogP contribution in [0.3, 0.4) is 0 Å². The molecule has 0 aliphatic heterocycles. The normalized spacial score (nSPS) is 10.5. The number of hydrogen-bond donors (Lipinski definition) is 1. The van der Waals surface area contributed by atoms with Gasteiger partial charge in [0.15, 0.2) is 0 Å². The van der Waals surface area contributed by atoms with Crippen molar-refractivity contribution in [3.8, 4) is 0 Å². The van der Waals surface area contributed by atoms with Crippen LogP contribution in [0.15, 0.2) is 27.4 Å². The molecule has 7 nitrogen and oxygen atoms in total. The van der Waals surface area contributed by atoms with Crippen molar-refractivity contribution >= 4 is 22.4 Å². The highest BCUT2D eigenvalue weighted by atomic mass is 16.6. The van der Waals surface area contributed by atoms with Crippen molar-refractivity contribution in [3.05, 3.63) is 50.1 Å². The number of aryl methyl sites for hydroxylation is 1. The maximum Gasteiger partial charge on any atom is 0.344 e. The summed E-state index contributed by atoms with van der Waals surface area (Å²) in [4.78, 5) is 32.6. The number of non-ortho nitro benzene ring substituents is 1. The summed E-state index contributed by atoms with van der Waals surface area (Å²) in [6.07, 6.45) is 0. The molecule has 0 aliphatic carbocycles. The van der Waals surface area contributed by atoms with Gasteiger partial charge >= 0.3 is 11.6 Å². The summed E-state index contributed by atoms with van der Waals surface area (Å²) >= 11 is 0. The summed E-state index contributed by atoms with van der Waals surface area (Å²) in [7, 11) is 0. The van der Waals surface area contributed by atoms with Gasteiger partial charge in [-0.15, -0.1) is 0 Å². The first-order valence-electron chi connectivity index (χ1n) is 4.87. The molecule has 2 aromatic rings. The molecule has 0 unspecified atom stereocenters. The molecular formula is C11H7NO6. The van der Waals surface area contributed by atoms with Gasteiger partial charge < -0.3 is 9.52 Å². The van der Waals surface area contributed by atoms with Gasteiger partial charge in [-0.05, 0) is 13.0 Å². The highest BCUT2D eigenvalue weighted by Crippen LogP contribution is 2.23. The van der Waals surface area contributed by atoms with Crippen LogP contribution in [0.5, 0.6) is 0 Å². The molecule has 0 bridgehead atoms. The fraction of sp³-hybridized carbons (Fsp3) is 0.0909. The lowest BCUT2D eigenvalue weighted by Gasteiger charge is -2.04. The van der Waals surface area contributed by atoms with Crippen LogP contribution >= 0.6 is 0 Å². The summed E-state index contributed by atoms with van der Waals surface area (Å²) in [6, 6.07) is 3.39. The average Bonchev–Trinajstić information content (AvgIpc) is 2.27. The van der Waals surface area contributed by atoms with E-state index in [1.165, 1.54) is 13.0 Å². The van der Waals surface area contributed by atoms with Crippen molar-refractivity contribution in [1.29, 1.82) is 0 Å². The molecule has 0 aliphatic rings. The second-order valence-electron chi connectivity index (χ2n) is 3.61. The van der Waals surface area contributed by atoms with Crippen LogP contribution in [0.25, 0.3) is 10.8 Å². The molecule has 1 aromatic heterocycles. The smallest absolute Gasteiger partial charge is 0.344 e. The lowest BCUT2D eigenvalue weighted by molar-refractivity contribution is -0.384. The van der Waals surface area contributed by atoms with Crippen molar-refractivity contribution in [2.45, 2.75) is 6.92 Å². The molecular weight excluding hydrogens is 242 g/mol. The summed E-state index contributed by atoms with van der Waals surface area (Å²) < 4.78 is 4.76. The quantitative estimate of drug-likeness (QED) is 0.640. The number of hydrogen-bond acceptors (Lipinski definition) is 5. The van der Waals surface area contributed by atoms with Gasteiger partial charge in [-0.3, -0.25) is 10.1 Å². The van der Waals surface area contributed by atoms with Crippen LogP contribution in [-0.4, -0.2) is 16.0 Å². The van der Waals surface area contributed by atoms with Crippen LogP contribution in [0.2, 0.25) is 0 Å². The van der Waals surface area contributed by atoms with Gasteiger partial charge in [0.2, 0.25) is 0 Å². The molecule has 1 heterocycles. The number of carbonyl (C=O) groups is 1. The van der Waals surface area contributed by atoms with Gasteiger partial charge in [-0.2, -0.15) is 0 Å². The first-order valence-corrected chi connectivity index (χ1v) is 4.87. The average molecular weight is 249 g/mol. The van der Waals surface area contributed by atoms with Crippen molar-refractivity contribution in [1.82, 2.24) is 0 Å². The number of nitrogens with zero attached hydrogens (tertiary/aromatic N) is 1. The molecule has 1 N–H and O–H groups in total. The third kappa shape index (κ3) is 1.71. The predicted molar refractivity (Wildman–Crippen MR) is 60.8 cm³/mol. The Labute approximate surface area is 99.4 Å². The van der Waals surface area contributed by atoms with Gasteiger partial charge in [-0.1, -0.05) is 0 Å². The molecule has 2 rings (SSSR count). The number of nitro benzene ring substituents is 1. The highest BCUT2D eigenvalue weighted by molar-refractivity contribution is 6.04. The summed E-state index contributed by atoms with van der Waals surface area (Å²) in [5, 5.41) is 19.6. The van der Waals surface area contributed by atoms with Gasteiger partial charge in [0.25, 0.3) is 5.69 Å². The maximum atomic E-state index is 11.6. The Bertz CT molecular complexity index is 730. The van der Waals surface area contributed by atoms with Crippen molar-refractivity contribution in [2.75, 3.05) is 0 Å². The zero-order valence-corrected chi connectivity index (χ0v) is 9.17. The fourth-order valence-corrected chi connectivity index (χ4v) is 1.73. The molecule has 18 heavy (non-hydrogen) atoms. The number of rotatable bonds is 2. The van der Waals surface area contributed by atoms with Gasteiger partial charge in [-0.25, -0.2) is 9.59 Å². The number of fused-ring (bicyclic) bond motifs is 1. The Morgan fingerprint density at radius 3 is 2.61 bits per heavy atom. The van der Waals surface area contributed by atoms with Crippen LogP contribution in [0.4, 0.5) is 5.69 Å². The van der Waals surface area contributed by atoms with E-state index < -0.39 is 16.5 Å². The van der Waals surface area contributed by atoms with Crippen molar-refractivity contribution in [2.24, 2.45) is 0 Å². The maximum absolute atomic E-state index is 11.6. The van der Waals surface area contributed by atoms with Gasteiger partial charge in [0.05, 0.1) is 10.3 Å². The molecule has 0 amide bonds. The van der Waals surface area contributed by atoms with Crippen molar-refractivity contribution in [3.63, 3.8) is 0 Å². The largest absolute Gasteiger partial charge is 0.478 e. The Balaban J connectivity index is 2.94. The van der Waals surface area contributed by atoms with Crippen LogP contribution < -0.4 is 5.63 Å². The lowest BCUT2D eigenvalue weighted by Crippen LogP contribution is -2.09. The van der Waals surface area contributed by atoms with E-state index in [9.17, 15) is 19.7 Å². The molecule has 0 saturated heterocycles. The molecule has 0 atom stereocenters. The molecule has 7 heteroatoms. The Morgan fingerprint density at radius 2 is 2.06 bits per heavy atom. The number of benzene rings is 1. The summed E-state index contributed by atoms with van der Waals surface area (Å²) in [5.74, 6) is -1.29. The minimum atomic E-state index is -1.25. The van der Waals surface area contributed by atoms with E-state index in [0.29, 0.717) is 0 Å². The molecule has 1 aromatic carbocycles. The third-order valence-electron chi connectivity index (χ3n) is 2.51. The highest BCUT2D eigenvalue weighted by Gasteiger charge is 2.18. The van der Waals surface area contributed by atoms with E-state index in [0.717, 1.165) is 12.1 Å². The van der Waals surface area contributed by atoms with E-state index >= 15 is 0 Å². The molecule has 0 spiro atoms. The first kappa shape index (κ1) is 11.8. The van der Waals surface area contributed by atoms with E-state index in [4.69, 9.17) is 9.52 Å². The van der Waals surface area contributed by atoms with E-state index in [1.54, 1.807) is 0 Å². The zero-order chi connectivity index (χ0) is 13.4. The number of nitro groups is 1. The minimum Gasteiger partial charge on any atom is -0.478 e. The lowest BCUT2D eigenvalue weighted by atomic mass is 10.1. The fourth-order valence-electron chi connectivity index (χ4n) is 1.73. The summed E-state index contributed by atoms with van der Waals surface area (Å²) in [6.45, 7) is 1.35. The minimum absolute atomic E-state index is 0.0335. The number of carboxylic acids is 1. The second kappa shape index (κ2) is 3.95. The standard InChI is InChI=1S/C11H7NO6/c1-5-9(10(13)14)7-3-2-6(12(16)17)4-8(7)11(15)18-5/h2-4H,1H3,(H,13,14). The monoisotopic (exact) mass is 249 g/mol. The first-order chi connectivity index (χ1) is 8.41. The second-order valence-corrected chi connectivity index (χ2v) is 3.61. The molecule has 0 saturated carbocycles. The van der Waals surface area contributed by atoms with Gasteiger partial charge in [0, 0.05) is 17.5 Å². The van der Waals surface area contributed by atoms with Crippen molar-refractivity contribution < 1.29 is 19.2 Å². The Morgan fingerprint density at radius 1 is 1.39 bits per heavy atom. The summed E-state index contributed by atoms with van der Waals surface area (Å²) in [5.41, 5.74) is -1.26. The zero-order valence-electron chi connectivity index (χ0n) is 9.17. The molecule has 0 fully saturated rings. The number of aromatic carboxylic acids is 1. The van der Waals surface area contributed by atoms with E-state index in [1.807, 2.05) is 0 Å². The van der Waals surface area contributed by atoms with Crippen LogP contribution in [0.1, 0.15) is 16.1 Å². The topological polar surface area (TPSA) is 111 Å². The Hall–Kier alpha value is -2.70. The number of carboxylic acid groups (broad SMARTS) is 1. The van der Waals surface area contributed by atoms with Crippen LogP contribution in [0, 0.1) is 17.0 Å². The van der Waals surface area contributed by atoms with E-state index in [-0.39, 0.29) is 27.8 Å². The SMILES string of the molecule is Cc1oc(=O)c2cc([N+](=O)[O-])ccc2c1C(=O)O. The van der Waals surface area contributed by atoms with Crippen LogP contribution in [-0.2, 0) is 0 Å². The molecule has 92 valence electrons. The van der Waals surface area contributed by atoms with Gasteiger partial charge in [0.1, 0.15) is 11.3 Å². The third-order valence-corrected chi connectivity index (χ3v) is 2.51.